The molecule has 0 unspecified atom stereocenters. The number of carbonyl (C=O) groups is 3. The largest absolute Gasteiger partial charge is 0.344 e. The van der Waals surface area contributed by atoms with Gasteiger partial charge < -0.3 is 15.2 Å². The van der Waals surface area contributed by atoms with Gasteiger partial charge in [0, 0.05) is 23.5 Å². The zero-order valence-electron chi connectivity index (χ0n) is 15.9. The van der Waals surface area contributed by atoms with Gasteiger partial charge in [-0.25, -0.2) is 4.39 Å². The van der Waals surface area contributed by atoms with E-state index >= 15 is 0 Å². The van der Waals surface area contributed by atoms with Crippen LogP contribution in [0.5, 0.6) is 0 Å². The molecule has 1 fully saturated rings. The predicted molar refractivity (Wildman–Crippen MR) is 102 cm³/mol. The summed E-state index contributed by atoms with van der Waals surface area (Å²) in [5.74, 6) is -2.09. The first-order chi connectivity index (χ1) is 13.3. The zero-order valence-corrected chi connectivity index (χ0v) is 15.9. The van der Waals surface area contributed by atoms with Gasteiger partial charge in [0.25, 0.3) is 17.6 Å². The first-order valence-electron chi connectivity index (χ1n) is 9.45. The van der Waals surface area contributed by atoms with Gasteiger partial charge in [-0.2, -0.15) is 0 Å². The Hall–Kier alpha value is -2.96. The van der Waals surface area contributed by atoms with Gasteiger partial charge in [-0.1, -0.05) is 6.07 Å². The maximum absolute atomic E-state index is 13.4. The molecule has 0 saturated heterocycles. The summed E-state index contributed by atoms with van der Waals surface area (Å²) in [6.07, 6.45) is 3.16. The van der Waals surface area contributed by atoms with Crippen LogP contribution in [0.2, 0.25) is 0 Å². The van der Waals surface area contributed by atoms with E-state index in [2.05, 4.69) is 10.6 Å². The summed E-state index contributed by atoms with van der Waals surface area (Å²) in [7, 11) is 0. The molecule has 28 heavy (non-hydrogen) atoms. The number of aromatic nitrogens is 1. The van der Waals surface area contributed by atoms with E-state index in [-0.39, 0.29) is 5.54 Å². The molecule has 1 aliphatic carbocycles. The fourth-order valence-corrected chi connectivity index (χ4v) is 3.83. The molecule has 4 rings (SSSR count). The minimum absolute atomic E-state index is 0.291. The molecule has 1 aromatic carbocycles. The molecule has 2 amide bonds. The smallest absolute Gasteiger partial charge is 0.292 e. The van der Waals surface area contributed by atoms with Crippen LogP contribution >= 0.6 is 0 Å². The highest BCUT2D eigenvalue weighted by atomic mass is 19.1. The molecule has 7 heteroatoms. The summed E-state index contributed by atoms with van der Waals surface area (Å²) in [5, 5.41) is 5.48. The number of Topliss-reactive ketones (excluding diaryl/α,β-unsaturated/α-hetero) is 1. The van der Waals surface area contributed by atoms with Crippen molar-refractivity contribution in [2.75, 3.05) is 5.32 Å². The highest BCUT2D eigenvalue weighted by Gasteiger charge is 2.41. The summed E-state index contributed by atoms with van der Waals surface area (Å²) >= 11 is 0. The third kappa shape index (κ3) is 3.21. The summed E-state index contributed by atoms with van der Waals surface area (Å²) in [5.41, 5.74) is 1.94. The van der Waals surface area contributed by atoms with E-state index in [1.165, 1.54) is 18.2 Å². The lowest BCUT2D eigenvalue weighted by molar-refractivity contribution is -0.117. The van der Waals surface area contributed by atoms with Gasteiger partial charge in [0.15, 0.2) is 0 Å². The maximum atomic E-state index is 13.4. The van der Waals surface area contributed by atoms with E-state index in [4.69, 9.17) is 0 Å². The molecule has 1 aliphatic heterocycles. The van der Waals surface area contributed by atoms with Crippen molar-refractivity contribution in [3.63, 3.8) is 0 Å². The lowest BCUT2D eigenvalue weighted by atomic mass is 10.0. The van der Waals surface area contributed by atoms with E-state index in [0.717, 1.165) is 25.0 Å². The topological polar surface area (TPSA) is 80.2 Å². The number of nitrogens with zero attached hydrogens (tertiary/aromatic N) is 1. The molecule has 2 aliphatic rings. The minimum Gasteiger partial charge on any atom is -0.344 e. The Morgan fingerprint density at radius 3 is 2.64 bits per heavy atom. The molecular weight excluding hydrogens is 361 g/mol. The summed E-state index contributed by atoms with van der Waals surface area (Å²) < 4.78 is 15.2. The first-order valence-corrected chi connectivity index (χ1v) is 9.45. The van der Waals surface area contributed by atoms with Crippen LogP contribution in [0, 0.1) is 12.7 Å². The number of hydrogen-bond acceptors (Lipinski definition) is 3. The number of nitrogens with one attached hydrogen (secondary N) is 2. The second kappa shape index (κ2) is 6.58. The predicted octanol–water partition coefficient (Wildman–Crippen LogP) is 2.99. The Morgan fingerprint density at radius 1 is 1.21 bits per heavy atom. The number of ketones is 1. The van der Waals surface area contributed by atoms with Crippen molar-refractivity contribution < 1.29 is 18.8 Å². The van der Waals surface area contributed by atoms with Crippen LogP contribution in [0.25, 0.3) is 0 Å². The molecule has 0 bridgehead atoms. The van der Waals surface area contributed by atoms with Crippen LogP contribution in [0.4, 0.5) is 10.1 Å². The summed E-state index contributed by atoms with van der Waals surface area (Å²) in [6, 6.07) is 5.64. The lowest BCUT2D eigenvalue weighted by Gasteiger charge is -2.11. The molecule has 2 N–H and O–H groups in total. The Bertz CT molecular complexity index is 1000. The number of amides is 2. The number of hydrogen-bond donors (Lipinski definition) is 2. The standard InChI is InChI=1S/C21H22FN3O3/c1-12-16(18(26)20(28)24-21(2)8-9-21)15-7-4-10-25(15)17(12)19(27)23-14-6-3-5-13(22)11-14/h3,5-6,11H,4,7-10H2,1-2H3,(H,23,27)(H,24,28). The van der Waals surface area contributed by atoms with Crippen molar-refractivity contribution >= 4 is 23.3 Å². The average Bonchev–Trinajstić information content (AvgIpc) is 3.06. The van der Waals surface area contributed by atoms with Gasteiger partial charge in [0.1, 0.15) is 11.5 Å². The SMILES string of the molecule is Cc1c(C(=O)C(=O)NC2(C)CC2)c2n(c1C(=O)Nc1cccc(F)c1)CCC2. The molecule has 0 atom stereocenters. The number of halogens is 1. The number of benzene rings is 1. The van der Waals surface area contributed by atoms with Gasteiger partial charge in [0.2, 0.25) is 0 Å². The minimum atomic E-state index is -0.625. The van der Waals surface area contributed by atoms with Gasteiger partial charge in [-0.3, -0.25) is 14.4 Å². The molecule has 2 heterocycles. The van der Waals surface area contributed by atoms with Crippen LogP contribution in [-0.2, 0) is 17.8 Å². The first kappa shape index (κ1) is 18.4. The van der Waals surface area contributed by atoms with Crippen LogP contribution in [0.3, 0.4) is 0 Å². The van der Waals surface area contributed by atoms with Crippen molar-refractivity contribution in [1.29, 1.82) is 0 Å². The highest BCUT2D eigenvalue weighted by molar-refractivity contribution is 6.44. The molecule has 1 saturated carbocycles. The second-order valence-electron chi connectivity index (χ2n) is 7.86. The number of anilines is 1. The molecule has 0 spiro atoms. The van der Waals surface area contributed by atoms with E-state index in [1.807, 2.05) is 11.5 Å². The second-order valence-corrected chi connectivity index (χ2v) is 7.86. The van der Waals surface area contributed by atoms with Crippen LogP contribution in [0.1, 0.15) is 58.3 Å². The Morgan fingerprint density at radius 2 is 1.96 bits per heavy atom. The van der Waals surface area contributed by atoms with Crippen molar-refractivity contribution in [1.82, 2.24) is 9.88 Å². The Kier molecular flexibility index (Phi) is 4.33. The monoisotopic (exact) mass is 383 g/mol. The summed E-state index contributed by atoms with van der Waals surface area (Å²) in [6.45, 7) is 4.20. The van der Waals surface area contributed by atoms with Crippen molar-refractivity contribution in [3.05, 3.63) is 52.6 Å². The van der Waals surface area contributed by atoms with Crippen molar-refractivity contribution in [2.24, 2.45) is 0 Å². The fourth-order valence-electron chi connectivity index (χ4n) is 3.83. The molecule has 146 valence electrons. The van der Waals surface area contributed by atoms with E-state index in [0.29, 0.717) is 35.5 Å². The quantitative estimate of drug-likeness (QED) is 0.615. The van der Waals surface area contributed by atoms with Gasteiger partial charge in [-0.05, 0) is 63.3 Å². The number of rotatable bonds is 5. The summed E-state index contributed by atoms with van der Waals surface area (Å²) in [4.78, 5) is 38.2. The maximum Gasteiger partial charge on any atom is 0.292 e. The van der Waals surface area contributed by atoms with E-state index in [1.54, 1.807) is 13.0 Å². The van der Waals surface area contributed by atoms with E-state index in [9.17, 15) is 18.8 Å². The van der Waals surface area contributed by atoms with Crippen molar-refractivity contribution in [3.8, 4) is 0 Å². The average molecular weight is 383 g/mol. The number of fused-ring (bicyclic) bond motifs is 1. The molecule has 1 aromatic heterocycles. The molecular formula is C21H22FN3O3. The third-order valence-corrected chi connectivity index (χ3v) is 5.56. The van der Waals surface area contributed by atoms with Crippen LogP contribution in [0.15, 0.2) is 24.3 Å². The van der Waals surface area contributed by atoms with Crippen LogP contribution in [-0.4, -0.2) is 27.7 Å². The normalized spacial score (nSPS) is 16.4. The van der Waals surface area contributed by atoms with E-state index < -0.39 is 23.4 Å². The lowest BCUT2D eigenvalue weighted by Crippen LogP contribution is -2.39. The van der Waals surface area contributed by atoms with Gasteiger partial charge in [-0.15, -0.1) is 0 Å². The molecule has 0 radical (unpaired) electrons. The van der Waals surface area contributed by atoms with Crippen LogP contribution < -0.4 is 10.6 Å². The zero-order chi connectivity index (χ0) is 20.1. The number of carbonyl (C=O) groups excluding carboxylic acids is 3. The Labute approximate surface area is 162 Å². The van der Waals surface area contributed by atoms with Gasteiger partial charge >= 0.3 is 0 Å². The highest BCUT2D eigenvalue weighted by Crippen LogP contribution is 2.35. The third-order valence-electron chi connectivity index (χ3n) is 5.56. The Balaban J connectivity index is 1.66. The fraction of sp³-hybridized carbons (Fsp3) is 0.381. The molecule has 6 nitrogen and oxygen atoms in total. The van der Waals surface area contributed by atoms with Gasteiger partial charge in [0.05, 0.1) is 5.56 Å². The van der Waals surface area contributed by atoms with Crippen molar-refractivity contribution in [2.45, 2.75) is 51.6 Å². The molecule has 2 aromatic rings.